The Bertz CT molecular complexity index is 1800. The Morgan fingerprint density at radius 1 is 0.943 bits per heavy atom. The van der Waals surface area contributed by atoms with Gasteiger partial charge in [0.05, 0.1) is 48.6 Å². The molecule has 0 amide bonds. The van der Waals surface area contributed by atoms with E-state index in [0.29, 0.717) is 22.3 Å². The molecule has 0 saturated carbocycles. The lowest BCUT2D eigenvalue weighted by atomic mass is 9.98. The predicted octanol–water partition coefficient (Wildman–Crippen LogP) is 3.92. The predicted molar refractivity (Wildman–Crippen MR) is 129 cm³/mol. The fourth-order valence-corrected chi connectivity index (χ4v) is 4.07. The first kappa shape index (κ1) is 21.9. The molecule has 0 unspecified atom stereocenters. The van der Waals surface area contributed by atoms with Crippen molar-refractivity contribution in [3.05, 3.63) is 93.1 Å². The summed E-state index contributed by atoms with van der Waals surface area (Å²) < 4.78 is 26.7. The summed E-state index contributed by atoms with van der Waals surface area (Å²) in [6.07, 6.45) is 3.00. The molecule has 8 nitrogen and oxygen atoms in total. The van der Waals surface area contributed by atoms with Crippen molar-refractivity contribution in [2.45, 2.75) is 0 Å². The molecule has 0 aliphatic carbocycles. The van der Waals surface area contributed by atoms with Gasteiger partial charge in [-0.1, -0.05) is 0 Å². The van der Waals surface area contributed by atoms with Gasteiger partial charge in [0.25, 0.3) is 5.56 Å². The van der Waals surface area contributed by atoms with E-state index in [1.165, 1.54) is 38.6 Å². The summed E-state index contributed by atoms with van der Waals surface area (Å²) in [6, 6.07) is 14.3. The van der Waals surface area contributed by atoms with Gasteiger partial charge in [-0.3, -0.25) is 9.78 Å². The molecule has 9 heteroatoms. The van der Waals surface area contributed by atoms with E-state index in [0.717, 1.165) is 10.6 Å². The molecular formula is C26H17FN4O4. The van der Waals surface area contributed by atoms with E-state index in [-0.39, 0.29) is 33.3 Å². The Hall–Kier alpha value is -4.97. The SMILES string of the molecule is COc1ccc(C#N)c(-c2cc3[nH]c(=O)n(-c4cncc5ccc(OC)cc45)c(=O)c3cc2F)c1. The van der Waals surface area contributed by atoms with Crippen molar-refractivity contribution < 1.29 is 13.9 Å². The summed E-state index contributed by atoms with van der Waals surface area (Å²) in [5.74, 6) is 0.245. The van der Waals surface area contributed by atoms with Crippen LogP contribution in [0.5, 0.6) is 11.5 Å². The number of hydrogen-bond donors (Lipinski definition) is 1. The molecule has 0 atom stereocenters. The molecule has 0 fully saturated rings. The zero-order valence-corrected chi connectivity index (χ0v) is 18.6. The molecule has 35 heavy (non-hydrogen) atoms. The Labute approximate surface area is 197 Å². The monoisotopic (exact) mass is 468 g/mol. The zero-order valence-electron chi connectivity index (χ0n) is 18.6. The van der Waals surface area contributed by atoms with Gasteiger partial charge < -0.3 is 14.5 Å². The van der Waals surface area contributed by atoms with Gasteiger partial charge in [0.1, 0.15) is 17.3 Å². The number of nitrogens with zero attached hydrogens (tertiary/aromatic N) is 3. The van der Waals surface area contributed by atoms with Crippen molar-refractivity contribution in [3.8, 4) is 34.4 Å². The Morgan fingerprint density at radius 3 is 2.43 bits per heavy atom. The number of pyridine rings is 1. The normalized spacial score (nSPS) is 10.9. The highest BCUT2D eigenvalue weighted by Gasteiger charge is 2.18. The number of aromatic amines is 1. The summed E-state index contributed by atoms with van der Waals surface area (Å²) in [7, 11) is 2.97. The first-order chi connectivity index (χ1) is 16.9. The molecule has 172 valence electrons. The minimum atomic E-state index is -0.726. The lowest BCUT2D eigenvalue weighted by molar-refractivity contribution is 0.415. The number of benzene rings is 3. The third kappa shape index (κ3) is 3.57. The van der Waals surface area contributed by atoms with Crippen molar-refractivity contribution >= 4 is 21.7 Å². The molecule has 0 spiro atoms. The van der Waals surface area contributed by atoms with E-state index in [1.54, 1.807) is 30.5 Å². The van der Waals surface area contributed by atoms with Gasteiger partial charge >= 0.3 is 5.69 Å². The summed E-state index contributed by atoms with van der Waals surface area (Å²) in [5.41, 5.74) is -0.515. The second-order valence-electron chi connectivity index (χ2n) is 7.72. The highest BCUT2D eigenvalue weighted by Crippen LogP contribution is 2.32. The van der Waals surface area contributed by atoms with Crippen molar-refractivity contribution in [3.63, 3.8) is 0 Å². The fourth-order valence-electron chi connectivity index (χ4n) is 4.07. The van der Waals surface area contributed by atoms with E-state index in [9.17, 15) is 14.9 Å². The number of halogens is 1. The van der Waals surface area contributed by atoms with Gasteiger partial charge in [-0.05, 0) is 48.5 Å². The molecule has 0 saturated heterocycles. The van der Waals surface area contributed by atoms with Crippen LogP contribution in [0.2, 0.25) is 0 Å². The van der Waals surface area contributed by atoms with Crippen LogP contribution in [0.4, 0.5) is 4.39 Å². The number of hydrogen-bond acceptors (Lipinski definition) is 6. The molecule has 2 heterocycles. The van der Waals surface area contributed by atoms with Gasteiger partial charge in [0.2, 0.25) is 0 Å². The van der Waals surface area contributed by atoms with Crippen molar-refractivity contribution in [2.75, 3.05) is 14.2 Å². The summed E-state index contributed by atoms with van der Waals surface area (Å²) in [5, 5.41) is 10.7. The quantitative estimate of drug-likeness (QED) is 0.428. The standard InChI is InChI=1S/C26H17FN4O4/c1-34-16-5-3-14(11-28)18(7-16)20-10-23-21(9-22(20)27)25(32)31(26(33)30-23)24-13-29-12-15-4-6-17(35-2)8-19(15)24/h3-10,12-13H,1-2H3,(H,30,33). The largest absolute Gasteiger partial charge is 0.497 e. The van der Waals surface area contributed by atoms with E-state index in [2.05, 4.69) is 9.97 Å². The van der Waals surface area contributed by atoms with E-state index >= 15 is 4.39 Å². The number of nitrogens with one attached hydrogen (secondary N) is 1. The second kappa shape index (κ2) is 8.43. The van der Waals surface area contributed by atoms with Gasteiger partial charge in [0, 0.05) is 28.1 Å². The highest BCUT2D eigenvalue weighted by atomic mass is 19.1. The molecule has 2 aromatic heterocycles. The van der Waals surface area contributed by atoms with Crippen LogP contribution in [-0.4, -0.2) is 28.8 Å². The molecule has 5 aromatic rings. The van der Waals surface area contributed by atoms with Crippen LogP contribution in [0.25, 0.3) is 38.5 Å². The molecule has 0 bridgehead atoms. The third-order valence-electron chi connectivity index (χ3n) is 5.81. The number of fused-ring (bicyclic) bond motifs is 2. The molecule has 0 aliphatic heterocycles. The Kier molecular flexibility index (Phi) is 5.26. The maximum atomic E-state index is 15.3. The van der Waals surface area contributed by atoms with Crippen LogP contribution >= 0.6 is 0 Å². The topological polar surface area (TPSA) is 110 Å². The van der Waals surface area contributed by atoms with Crippen LogP contribution in [-0.2, 0) is 0 Å². The Balaban J connectivity index is 1.78. The summed E-state index contributed by atoms with van der Waals surface area (Å²) >= 11 is 0. The number of methoxy groups -OCH3 is 2. The van der Waals surface area contributed by atoms with Crippen LogP contribution in [0, 0.1) is 17.1 Å². The summed E-state index contributed by atoms with van der Waals surface area (Å²) in [6.45, 7) is 0. The van der Waals surface area contributed by atoms with Crippen LogP contribution in [0.15, 0.2) is 70.5 Å². The summed E-state index contributed by atoms with van der Waals surface area (Å²) in [4.78, 5) is 33.3. The van der Waals surface area contributed by atoms with Crippen molar-refractivity contribution in [1.29, 1.82) is 5.26 Å². The third-order valence-corrected chi connectivity index (χ3v) is 5.81. The van der Waals surface area contributed by atoms with E-state index < -0.39 is 17.1 Å². The minimum Gasteiger partial charge on any atom is -0.497 e. The first-order valence-corrected chi connectivity index (χ1v) is 10.4. The van der Waals surface area contributed by atoms with Crippen LogP contribution < -0.4 is 20.7 Å². The number of ether oxygens (including phenoxy) is 2. The average Bonchev–Trinajstić information content (AvgIpc) is 2.88. The van der Waals surface area contributed by atoms with Crippen LogP contribution in [0.1, 0.15) is 5.56 Å². The lowest BCUT2D eigenvalue weighted by Gasteiger charge is -2.12. The molecule has 0 aliphatic rings. The van der Waals surface area contributed by atoms with E-state index in [4.69, 9.17) is 9.47 Å². The minimum absolute atomic E-state index is 0.0350. The van der Waals surface area contributed by atoms with E-state index in [1.807, 2.05) is 6.07 Å². The fraction of sp³-hybridized carbons (Fsp3) is 0.0769. The second-order valence-corrected chi connectivity index (χ2v) is 7.72. The van der Waals surface area contributed by atoms with Gasteiger partial charge in [-0.2, -0.15) is 5.26 Å². The van der Waals surface area contributed by atoms with Gasteiger partial charge in [0.15, 0.2) is 0 Å². The molecule has 0 radical (unpaired) electrons. The number of H-pyrrole nitrogens is 1. The smallest absolute Gasteiger partial charge is 0.333 e. The van der Waals surface area contributed by atoms with Gasteiger partial charge in [-0.25, -0.2) is 13.8 Å². The average molecular weight is 468 g/mol. The maximum Gasteiger partial charge on any atom is 0.333 e. The maximum absolute atomic E-state index is 15.3. The number of rotatable bonds is 4. The molecule has 5 rings (SSSR count). The molecule has 1 N–H and O–H groups in total. The Morgan fingerprint density at radius 2 is 1.69 bits per heavy atom. The number of nitriles is 1. The first-order valence-electron chi connectivity index (χ1n) is 10.4. The highest BCUT2D eigenvalue weighted by molar-refractivity contribution is 5.91. The lowest BCUT2D eigenvalue weighted by Crippen LogP contribution is -2.34. The molecule has 3 aromatic carbocycles. The zero-order chi connectivity index (χ0) is 24.7. The van der Waals surface area contributed by atoms with Crippen molar-refractivity contribution in [2.24, 2.45) is 0 Å². The van der Waals surface area contributed by atoms with Gasteiger partial charge in [-0.15, -0.1) is 0 Å². The van der Waals surface area contributed by atoms with Crippen molar-refractivity contribution in [1.82, 2.24) is 14.5 Å². The van der Waals surface area contributed by atoms with Crippen LogP contribution in [0.3, 0.4) is 0 Å². The number of aromatic nitrogens is 3. The molecular weight excluding hydrogens is 451 g/mol.